The predicted octanol–water partition coefficient (Wildman–Crippen LogP) is 4.56. The molecule has 0 fully saturated rings. The van der Waals surface area contributed by atoms with E-state index in [0.717, 1.165) is 16.2 Å². The van der Waals surface area contributed by atoms with Gasteiger partial charge in [0.05, 0.1) is 23.7 Å². The number of amides is 1. The summed E-state index contributed by atoms with van der Waals surface area (Å²) in [6.07, 6.45) is 1.96. The fourth-order valence-electron chi connectivity index (χ4n) is 2.18. The molecule has 2 rings (SSSR count). The van der Waals surface area contributed by atoms with Crippen molar-refractivity contribution in [3.63, 3.8) is 0 Å². The van der Waals surface area contributed by atoms with Crippen molar-refractivity contribution in [1.29, 1.82) is 0 Å². The second kappa shape index (κ2) is 7.56. The van der Waals surface area contributed by atoms with Crippen LogP contribution >= 0.6 is 23.4 Å². The first-order chi connectivity index (χ1) is 10.6. The summed E-state index contributed by atoms with van der Waals surface area (Å²) < 4.78 is 5.33. The molecule has 1 amide bonds. The van der Waals surface area contributed by atoms with Gasteiger partial charge in [-0.3, -0.25) is 4.79 Å². The number of nitrogens with one attached hydrogen (secondary N) is 1. The van der Waals surface area contributed by atoms with Crippen molar-refractivity contribution in [1.82, 2.24) is 5.32 Å². The average Bonchev–Trinajstić information content (AvgIpc) is 2.55. The van der Waals surface area contributed by atoms with Gasteiger partial charge in [0.25, 0.3) is 5.91 Å². The molecule has 0 saturated carbocycles. The highest BCUT2D eigenvalue weighted by Gasteiger charge is 2.17. The topological polar surface area (TPSA) is 38.3 Å². The maximum absolute atomic E-state index is 12.5. The molecule has 22 heavy (non-hydrogen) atoms. The van der Waals surface area contributed by atoms with Gasteiger partial charge in [-0.2, -0.15) is 0 Å². The third kappa shape index (κ3) is 3.76. The van der Waals surface area contributed by atoms with Gasteiger partial charge in [0.1, 0.15) is 5.75 Å². The predicted molar refractivity (Wildman–Crippen MR) is 92.1 cm³/mol. The monoisotopic (exact) mass is 335 g/mol. The molecule has 0 aromatic heterocycles. The van der Waals surface area contributed by atoms with Crippen LogP contribution in [-0.4, -0.2) is 19.3 Å². The van der Waals surface area contributed by atoms with E-state index in [1.165, 1.54) is 0 Å². The van der Waals surface area contributed by atoms with Gasteiger partial charge in [0.15, 0.2) is 0 Å². The number of para-hydroxylation sites is 1. The summed E-state index contributed by atoms with van der Waals surface area (Å²) in [5, 5.41) is 3.41. The van der Waals surface area contributed by atoms with Crippen molar-refractivity contribution in [2.75, 3.05) is 13.4 Å². The molecule has 0 aliphatic heterocycles. The van der Waals surface area contributed by atoms with E-state index in [4.69, 9.17) is 16.3 Å². The number of rotatable bonds is 5. The molecule has 2 aromatic carbocycles. The van der Waals surface area contributed by atoms with Gasteiger partial charge < -0.3 is 10.1 Å². The fourth-order valence-corrected chi connectivity index (χ4v) is 2.82. The van der Waals surface area contributed by atoms with Gasteiger partial charge in [0.2, 0.25) is 0 Å². The first-order valence-electron chi connectivity index (χ1n) is 6.84. The summed E-state index contributed by atoms with van der Waals surface area (Å²) in [5.41, 5.74) is 1.41. The Balaban J connectivity index is 2.21. The molecule has 0 radical (unpaired) electrons. The molecule has 1 N–H and O–H groups in total. The van der Waals surface area contributed by atoms with E-state index in [0.29, 0.717) is 10.6 Å². The molecule has 5 heteroatoms. The number of carbonyl (C=O) groups is 1. The third-order valence-corrected chi connectivity index (χ3v) is 4.43. The van der Waals surface area contributed by atoms with Gasteiger partial charge in [0, 0.05) is 10.5 Å². The lowest BCUT2D eigenvalue weighted by Gasteiger charge is -2.17. The van der Waals surface area contributed by atoms with E-state index in [-0.39, 0.29) is 11.9 Å². The van der Waals surface area contributed by atoms with Crippen LogP contribution in [-0.2, 0) is 0 Å². The summed E-state index contributed by atoms with van der Waals surface area (Å²) in [4.78, 5) is 13.5. The fraction of sp³-hybridized carbons (Fsp3) is 0.235. The summed E-state index contributed by atoms with van der Waals surface area (Å²) in [5.74, 6) is 0.554. The van der Waals surface area contributed by atoms with Gasteiger partial charge in [-0.25, -0.2) is 0 Å². The Morgan fingerprint density at radius 2 is 2.00 bits per heavy atom. The van der Waals surface area contributed by atoms with Crippen LogP contribution < -0.4 is 10.1 Å². The summed E-state index contributed by atoms with van der Waals surface area (Å²) in [6.45, 7) is 1.92. The quantitative estimate of drug-likeness (QED) is 0.814. The number of halogens is 1. The third-order valence-electron chi connectivity index (χ3n) is 3.37. The van der Waals surface area contributed by atoms with E-state index in [2.05, 4.69) is 5.32 Å². The van der Waals surface area contributed by atoms with Gasteiger partial charge in [-0.1, -0.05) is 29.8 Å². The second-order valence-corrected chi connectivity index (χ2v) is 6.07. The maximum atomic E-state index is 12.5. The van der Waals surface area contributed by atoms with Crippen LogP contribution in [0.1, 0.15) is 28.9 Å². The molecule has 0 heterocycles. The number of carbonyl (C=O) groups excluding carboxylic acids is 1. The number of hydrogen-bond donors (Lipinski definition) is 1. The minimum absolute atomic E-state index is 0.183. The van der Waals surface area contributed by atoms with Gasteiger partial charge in [-0.05, 0) is 37.4 Å². The zero-order valence-corrected chi connectivity index (χ0v) is 14.3. The Morgan fingerprint density at radius 1 is 1.27 bits per heavy atom. The first-order valence-corrected chi connectivity index (χ1v) is 8.44. The minimum atomic E-state index is -0.195. The van der Waals surface area contributed by atoms with Crippen molar-refractivity contribution in [3.05, 3.63) is 58.6 Å². The van der Waals surface area contributed by atoms with Crippen molar-refractivity contribution >= 4 is 29.3 Å². The number of benzene rings is 2. The number of methoxy groups -OCH3 is 1. The Morgan fingerprint density at radius 3 is 2.68 bits per heavy atom. The summed E-state index contributed by atoms with van der Waals surface area (Å²) in [7, 11) is 1.62. The van der Waals surface area contributed by atoms with E-state index in [9.17, 15) is 4.79 Å². The Kier molecular flexibility index (Phi) is 5.75. The molecule has 0 saturated heterocycles. The van der Waals surface area contributed by atoms with Crippen molar-refractivity contribution in [2.24, 2.45) is 0 Å². The van der Waals surface area contributed by atoms with Crippen LogP contribution in [0.3, 0.4) is 0 Å². The Bertz CT molecular complexity index is 675. The van der Waals surface area contributed by atoms with E-state index < -0.39 is 0 Å². The SMILES string of the molecule is COc1ccccc1C(C)NC(=O)c1cc(SC)ccc1Cl. The molecule has 1 unspecified atom stereocenters. The van der Waals surface area contributed by atoms with Crippen LogP contribution in [0, 0.1) is 0 Å². The lowest BCUT2D eigenvalue weighted by atomic mass is 10.1. The van der Waals surface area contributed by atoms with Crippen molar-refractivity contribution in [2.45, 2.75) is 17.9 Å². The highest BCUT2D eigenvalue weighted by Crippen LogP contribution is 2.26. The average molecular weight is 336 g/mol. The van der Waals surface area contributed by atoms with E-state index >= 15 is 0 Å². The van der Waals surface area contributed by atoms with Crippen LogP contribution in [0.25, 0.3) is 0 Å². The zero-order chi connectivity index (χ0) is 16.1. The minimum Gasteiger partial charge on any atom is -0.496 e. The molecule has 0 bridgehead atoms. The molecule has 0 aliphatic rings. The lowest BCUT2D eigenvalue weighted by molar-refractivity contribution is 0.0939. The lowest BCUT2D eigenvalue weighted by Crippen LogP contribution is -2.27. The molecule has 3 nitrogen and oxygen atoms in total. The zero-order valence-electron chi connectivity index (χ0n) is 12.7. The van der Waals surface area contributed by atoms with Gasteiger partial charge in [-0.15, -0.1) is 11.8 Å². The number of thioether (sulfide) groups is 1. The smallest absolute Gasteiger partial charge is 0.253 e. The normalized spacial score (nSPS) is 11.8. The van der Waals surface area contributed by atoms with Crippen LogP contribution in [0.4, 0.5) is 0 Å². The molecule has 1 atom stereocenters. The molecular formula is C17H18ClNO2S. The van der Waals surface area contributed by atoms with Crippen LogP contribution in [0.5, 0.6) is 5.75 Å². The van der Waals surface area contributed by atoms with Crippen LogP contribution in [0.15, 0.2) is 47.4 Å². The Hall–Kier alpha value is -1.65. The first kappa shape index (κ1) is 16.7. The second-order valence-electron chi connectivity index (χ2n) is 4.78. The van der Waals surface area contributed by atoms with E-state index in [1.807, 2.05) is 43.5 Å². The van der Waals surface area contributed by atoms with E-state index in [1.54, 1.807) is 31.0 Å². The van der Waals surface area contributed by atoms with Crippen molar-refractivity contribution < 1.29 is 9.53 Å². The highest BCUT2D eigenvalue weighted by molar-refractivity contribution is 7.98. The van der Waals surface area contributed by atoms with Gasteiger partial charge >= 0.3 is 0 Å². The molecule has 2 aromatic rings. The van der Waals surface area contributed by atoms with Crippen molar-refractivity contribution in [3.8, 4) is 5.75 Å². The largest absolute Gasteiger partial charge is 0.496 e. The summed E-state index contributed by atoms with van der Waals surface area (Å²) in [6, 6.07) is 12.9. The maximum Gasteiger partial charge on any atom is 0.253 e. The molecule has 116 valence electrons. The summed E-state index contributed by atoms with van der Waals surface area (Å²) >= 11 is 7.71. The Labute approximate surface area is 140 Å². The molecular weight excluding hydrogens is 318 g/mol. The standard InChI is InChI=1S/C17H18ClNO2S/c1-11(13-6-4-5-7-16(13)21-2)19-17(20)14-10-12(22-3)8-9-15(14)18/h4-11H,1-3H3,(H,19,20). The molecule has 0 spiro atoms. The number of ether oxygens (including phenoxy) is 1. The van der Waals surface area contributed by atoms with Crippen LogP contribution in [0.2, 0.25) is 5.02 Å². The highest BCUT2D eigenvalue weighted by atomic mass is 35.5. The molecule has 0 aliphatic carbocycles. The number of hydrogen-bond acceptors (Lipinski definition) is 3.